The monoisotopic (exact) mass is 440 g/mol. The molecule has 32 heavy (non-hydrogen) atoms. The van der Waals surface area contributed by atoms with Gasteiger partial charge < -0.3 is 9.64 Å². The summed E-state index contributed by atoms with van der Waals surface area (Å²) in [6.45, 7) is 3.44. The van der Waals surface area contributed by atoms with Crippen molar-refractivity contribution in [2.75, 3.05) is 26.2 Å². The normalized spacial score (nSPS) is 14.4. The molecule has 1 amide bonds. The summed E-state index contributed by atoms with van der Waals surface area (Å²) in [5.41, 5.74) is 2.30. The molecule has 4 rings (SSSR count). The number of halogens is 3. The standard InChI is InChI=1S/C25H23F3N2O2/c26-21-6-4-18(5-7-21)16-29-10-12-30(13-11-29)25(31)20-3-1-2-19(14-20)17-32-24-9-8-22(27)15-23(24)28/h1-9,14-15H,10-13,16-17H2. The highest BCUT2D eigenvalue weighted by atomic mass is 19.1. The van der Waals surface area contributed by atoms with Crippen LogP contribution >= 0.6 is 0 Å². The Kier molecular flexibility index (Phi) is 6.75. The third-order valence-corrected chi connectivity index (χ3v) is 5.44. The maximum absolute atomic E-state index is 13.7. The fourth-order valence-electron chi connectivity index (χ4n) is 3.69. The van der Waals surface area contributed by atoms with E-state index in [1.54, 1.807) is 41.3 Å². The summed E-state index contributed by atoms with van der Waals surface area (Å²) in [5, 5.41) is 0. The van der Waals surface area contributed by atoms with Gasteiger partial charge in [0.05, 0.1) is 0 Å². The number of piperazine rings is 1. The summed E-state index contributed by atoms with van der Waals surface area (Å²) in [5.74, 6) is -1.79. The van der Waals surface area contributed by atoms with Crippen LogP contribution in [0.15, 0.2) is 66.7 Å². The molecule has 3 aromatic carbocycles. The van der Waals surface area contributed by atoms with Crippen LogP contribution in [0.5, 0.6) is 5.75 Å². The SMILES string of the molecule is O=C(c1cccc(COc2ccc(F)cc2F)c1)N1CCN(Cc2ccc(F)cc2)CC1. The van der Waals surface area contributed by atoms with E-state index in [2.05, 4.69) is 4.90 Å². The molecule has 7 heteroatoms. The van der Waals surface area contributed by atoms with Gasteiger partial charge in [-0.15, -0.1) is 0 Å². The van der Waals surface area contributed by atoms with Crippen LogP contribution in [0.25, 0.3) is 0 Å². The lowest BCUT2D eigenvalue weighted by Gasteiger charge is -2.34. The van der Waals surface area contributed by atoms with Gasteiger partial charge in [0.25, 0.3) is 5.91 Å². The molecular formula is C25H23F3N2O2. The molecule has 0 aromatic heterocycles. The quantitative estimate of drug-likeness (QED) is 0.560. The molecular weight excluding hydrogens is 417 g/mol. The Morgan fingerprint density at radius 1 is 0.812 bits per heavy atom. The van der Waals surface area contributed by atoms with E-state index in [1.807, 2.05) is 0 Å². The minimum absolute atomic E-state index is 0.0413. The molecule has 1 heterocycles. The average Bonchev–Trinajstić information content (AvgIpc) is 2.80. The minimum Gasteiger partial charge on any atom is -0.486 e. The van der Waals surface area contributed by atoms with E-state index in [1.165, 1.54) is 18.2 Å². The van der Waals surface area contributed by atoms with E-state index < -0.39 is 11.6 Å². The largest absolute Gasteiger partial charge is 0.486 e. The van der Waals surface area contributed by atoms with E-state index in [9.17, 15) is 18.0 Å². The van der Waals surface area contributed by atoms with E-state index >= 15 is 0 Å². The number of hydrogen-bond acceptors (Lipinski definition) is 3. The highest BCUT2D eigenvalue weighted by Gasteiger charge is 2.22. The molecule has 166 valence electrons. The molecule has 1 fully saturated rings. The van der Waals surface area contributed by atoms with Gasteiger partial charge >= 0.3 is 0 Å². The van der Waals surface area contributed by atoms with Crippen molar-refractivity contribution in [3.63, 3.8) is 0 Å². The van der Waals surface area contributed by atoms with Crippen molar-refractivity contribution < 1.29 is 22.7 Å². The van der Waals surface area contributed by atoms with Gasteiger partial charge in [-0.3, -0.25) is 9.69 Å². The third-order valence-electron chi connectivity index (χ3n) is 5.44. The Morgan fingerprint density at radius 3 is 2.25 bits per heavy atom. The highest BCUT2D eigenvalue weighted by Crippen LogP contribution is 2.20. The van der Waals surface area contributed by atoms with Crippen LogP contribution < -0.4 is 4.74 Å². The molecule has 1 aliphatic heterocycles. The average molecular weight is 440 g/mol. The molecule has 0 bridgehead atoms. The van der Waals surface area contributed by atoms with Gasteiger partial charge in [0.1, 0.15) is 18.2 Å². The van der Waals surface area contributed by atoms with Crippen molar-refractivity contribution in [3.05, 3.63) is 101 Å². The first-order chi connectivity index (χ1) is 15.5. The van der Waals surface area contributed by atoms with E-state index in [4.69, 9.17) is 4.74 Å². The Morgan fingerprint density at radius 2 is 1.53 bits per heavy atom. The zero-order chi connectivity index (χ0) is 22.5. The summed E-state index contributed by atoms with van der Waals surface area (Å²) in [6, 6.07) is 16.6. The number of ether oxygens (including phenoxy) is 1. The molecule has 0 saturated carbocycles. The molecule has 4 nitrogen and oxygen atoms in total. The number of benzene rings is 3. The number of hydrogen-bond donors (Lipinski definition) is 0. The third kappa shape index (κ3) is 5.48. The molecule has 0 spiro atoms. The maximum Gasteiger partial charge on any atom is 0.253 e. The highest BCUT2D eigenvalue weighted by molar-refractivity contribution is 5.94. The van der Waals surface area contributed by atoms with Gasteiger partial charge in [-0.25, -0.2) is 13.2 Å². The van der Waals surface area contributed by atoms with Crippen molar-refractivity contribution in [2.24, 2.45) is 0 Å². The lowest BCUT2D eigenvalue weighted by atomic mass is 10.1. The fourth-order valence-corrected chi connectivity index (χ4v) is 3.69. The lowest BCUT2D eigenvalue weighted by molar-refractivity contribution is 0.0628. The second kappa shape index (κ2) is 9.87. The minimum atomic E-state index is -0.768. The topological polar surface area (TPSA) is 32.8 Å². The van der Waals surface area contributed by atoms with Crippen LogP contribution in [0.4, 0.5) is 13.2 Å². The van der Waals surface area contributed by atoms with Gasteiger partial charge in [0.2, 0.25) is 0 Å². The van der Waals surface area contributed by atoms with Gasteiger partial charge in [-0.1, -0.05) is 24.3 Å². The van der Waals surface area contributed by atoms with Crippen molar-refractivity contribution >= 4 is 5.91 Å². The smallest absolute Gasteiger partial charge is 0.253 e. The fraction of sp³-hybridized carbons (Fsp3) is 0.240. The number of carbonyl (C=O) groups excluding carboxylic acids is 1. The molecule has 3 aromatic rings. The zero-order valence-corrected chi connectivity index (χ0v) is 17.4. The molecule has 1 aliphatic rings. The molecule has 0 radical (unpaired) electrons. The number of carbonyl (C=O) groups is 1. The van der Waals surface area contributed by atoms with Crippen molar-refractivity contribution in [2.45, 2.75) is 13.2 Å². The van der Waals surface area contributed by atoms with Crippen LogP contribution in [0.2, 0.25) is 0 Å². The van der Waals surface area contributed by atoms with Gasteiger partial charge in [-0.2, -0.15) is 0 Å². The first-order valence-electron chi connectivity index (χ1n) is 10.4. The van der Waals surface area contributed by atoms with Crippen LogP contribution in [0.1, 0.15) is 21.5 Å². The van der Waals surface area contributed by atoms with Crippen LogP contribution in [0.3, 0.4) is 0 Å². The zero-order valence-electron chi connectivity index (χ0n) is 17.4. The van der Waals surface area contributed by atoms with Crippen LogP contribution in [-0.2, 0) is 13.2 Å². The number of rotatable bonds is 6. The number of amides is 1. The Hall–Kier alpha value is -3.32. The van der Waals surface area contributed by atoms with Crippen molar-refractivity contribution in [1.29, 1.82) is 0 Å². The summed E-state index contributed by atoms with van der Waals surface area (Å²) in [6.07, 6.45) is 0. The second-order valence-electron chi connectivity index (χ2n) is 7.76. The first-order valence-corrected chi connectivity index (χ1v) is 10.4. The van der Waals surface area contributed by atoms with E-state index in [0.29, 0.717) is 18.7 Å². The van der Waals surface area contributed by atoms with Crippen molar-refractivity contribution in [1.82, 2.24) is 9.80 Å². The molecule has 0 aliphatic carbocycles. The van der Waals surface area contributed by atoms with Crippen LogP contribution in [0, 0.1) is 17.5 Å². The number of nitrogens with zero attached hydrogens (tertiary/aromatic N) is 2. The molecule has 0 unspecified atom stereocenters. The Labute approximate surface area is 184 Å². The molecule has 1 saturated heterocycles. The molecule has 0 atom stereocenters. The second-order valence-corrected chi connectivity index (χ2v) is 7.76. The van der Waals surface area contributed by atoms with Gasteiger partial charge in [0.15, 0.2) is 11.6 Å². The molecule has 0 N–H and O–H groups in total. The Bertz CT molecular complexity index is 1080. The maximum atomic E-state index is 13.7. The van der Waals surface area contributed by atoms with E-state index in [0.717, 1.165) is 42.9 Å². The van der Waals surface area contributed by atoms with Gasteiger partial charge in [-0.05, 0) is 47.5 Å². The summed E-state index contributed by atoms with van der Waals surface area (Å²) >= 11 is 0. The van der Waals surface area contributed by atoms with Crippen LogP contribution in [-0.4, -0.2) is 41.9 Å². The van der Waals surface area contributed by atoms with E-state index in [-0.39, 0.29) is 24.1 Å². The Balaban J connectivity index is 1.32. The summed E-state index contributed by atoms with van der Waals surface area (Å²) in [7, 11) is 0. The van der Waals surface area contributed by atoms with Gasteiger partial charge in [0, 0.05) is 44.4 Å². The predicted octanol–water partition coefficient (Wildman–Crippen LogP) is 4.64. The summed E-state index contributed by atoms with van der Waals surface area (Å²) in [4.78, 5) is 17.0. The van der Waals surface area contributed by atoms with Crippen molar-refractivity contribution in [3.8, 4) is 5.75 Å². The lowest BCUT2D eigenvalue weighted by Crippen LogP contribution is -2.48. The predicted molar refractivity (Wildman–Crippen MR) is 115 cm³/mol. The first kappa shape index (κ1) is 21.9. The summed E-state index contributed by atoms with van der Waals surface area (Å²) < 4.78 is 45.3.